The largest absolute Gasteiger partial charge is 0.546 e. The van der Waals surface area contributed by atoms with Crippen LogP contribution in [0, 0.1) is 0 Å². The molecule has 0 aliphatic rings. The number of ether oxygens (including phenoxy) is 1. The SMILES string of the molecule is C[C@H](Oc1ccccc1)C(=O)[O-]. The molecule has 12 heavy (non-hydrogen) atoms. The summed E-state index contributed by atoms with van der Waals surface area (Å²) in [6.07, 6.45) is -0.910. The molecule has 0 heterocycles. The molecule has 0 aliphatic heterocycles. The lowest BCUT2D eigenvalue weighted by Crippen LogP contribution is -2.37. The van der Waals surface area contributed by atoms with E-state index in [1.807, 2.05) is 6.07 Å². The first-order valence-electron chi connectivity index (χ1n) is 3.62. The van der Waals surface area contributed by atoms with Gasteiger partial charge in [-0.2, -0.15) is 0 Å². The fourth-order valence-corrected chi connectivity index (χ4v) is 0.751. The van der Waals surface area contributed by atoms with Crippen LogP contribution >= 0.6 is 0 Å². The fourth-order valence-electron chi connectivity index (χ4n) is 0.751. The third kappa shape index (κ3) is 2.27. The molecule has 0 bridgehead atoms. The predicted molar refractivity (Wildman–Crippen MR) is 41.5 cm³/mol. The van der Waals surface area contributed by atoms with Gasteiger partial charge in [0, 0.05) is 0 Å². The summed E-state index contributed by atoms with van der Waals surface area (Å²) < 4.78 is 5.01. The molecule has 0 spiro atoms. The van der Waals surface area contributed by atoms with Crippen molar-refractivity contribution in [1.29, 1.82) is 0 Å². The van der Waals surface area contributed by atoms with Gasteiger partial charge in [0.15, 0.2) is 0 Å². The third-order valence-corrected chi connectivity index (χ3v) is 1.39. The minimum absolute atomic E-state index is 0.536. The predicted octanol–water partition coefficient (Wildman–Crippen LogP) is 0.204. The smallest absolute Gasteiger partial charge is 0.135 e. The second-order valence-electron chi connectivity index (χ2n) is 2.39. The standard InChI is InChI=1S/C9H10O3/c1-7(9(10)11)12-8-5-3-2-4-6-8/h2-7H,1H3,(H,10,11)/p-1/t7-/m0/s1. The molecule has 0 saturated heterocycles. The first-order chi connectivity index (χ1) is 5.70. The lowest BCUT2D eigenvalue weighted by molar-refractivity contribution is -0.312. The first kappa shape index (κ1) is 8.59. The lowest BCUT2D eigenvalue weighted by atomic mass is 10.3. The van der Waals surface area contributed by atoms with Crippen LogP contribution in [0.4, 0.5) is 0 Å². The van der Waals surface area contributed by atoms with E-state index in [9.17, 15) is 9.90 Å². The Balaban J connectivity index is 2.58. The molecule has 64 valence electrons. The molecule has 1 atom stereocenters. The van der Waals surface area contributed by atoms with Crippen LogP contribution in [0.25, 0.3) is 0 Å². The first-order valence-corrected chi connectivity index (χ1v) is 3.62. The van der Waals surface area contributed by atoms with Gasteiger partial charge in [-0.15, -0.1) is 0 Å². The van der Waals surface area contributed by atoms with Crippen molar-refractivity contribution >= 4 is 5.97 Å². The van der Waals surface area contributed by atoms with Crippen molar-refractivity contribution in [3.63, 3.8) is 0 Å². The maximum absolute atomic E-state index is 10.3. The molecule has 1 rings (SSSR count). The van der Waals surface area contributed by atoms with Crippen molar-refractivity contribution in [2.75, 3.05) is 0 Å². The van der Waals surface area contributed by atoms with Crippen molar-refractivity contribution in [2.24, 2.45) is 0 Å². The van der Waals surface area contributed by atoms with E-state index in [0.29, 0.717) is 5.75 Å². The van der Waals surface area contributed by atoms with Crippen LogP contribution in [0.5, 0.6) is 5.75 Å². The average molecular weight is 165 g/mol. The van der Waals surface area contributed by atoms with E-state index in [1.54, 1.807) is 24.3 Å². The van der Waals surface area contributed by atoms with E-state index in [4.69, 9.17) is 4.74 Å². The van der Waals surface area contributed by atoms with Gasteiger partial charge in [0.05, 0.1) is 5.97 Å². The zero-order valence-corrected chi connectivity index (χ0v) is 6.69. The molecule has 0 unspecified atom stereocenters. The van der Waals surface area contributed by atoms with Crippen LogP contribution in [-0.2, 0) is 4.79 Å². The van der Waals surface area contributed by atoms with Crippen LogP contribution in [0.15, 0.2) is 30.3 Å². The molecular formula is C9H9O3-. The minimum Gasteiger partial charge on any atom is -0.546 e. The maximum Gasteiger partial charge on any atom is 0.135 e. The number of carboxylic acids is 1. The van der Waals surface area contributed by atoms with Gasteiger partial charge in [-0.05, 0) is 19.1 Å². The summed E-state index contributed by atoms with van der Waals surface area (Å²) in [5.74, 6) is -0.673. The average Bonchev–Trinajstić information content (AvgIpc) is 2.06. The number of carbonyl (C=O) groups excluding carboxylic acids is 1. The summed E-state index contributed by atoms with van der Waals surface area (Å²) in [6, 6.07) is 8.77. The van der Waals surface area contributed by atoms with Gasteiger partial charge >= 0.3 is 0 Å². The molecular weight excluding hydrogens is 156 g/mol. The van der Waals surface area contributed by atoms with Gasteiger partial charge in [0.1, 0.15) is 11.9 Å². The summed E-state index contributed by atoms with van der Waals surface area (Å²) in [6.45, 7) is 1.43. The van der Waals surface area contributed by atoms with Crippen LogP contribution in [-0.4, -0.2) is 12.1 Å². The number of carboxylic acid groups (broad SMARTS) is 1. The molecule has 1 aromatic carbocycles. The van der Waals surface area contributed by atoms with Crippen LogP contribution in [0.3, 0.4) is 0 Å². The highest BCUT2D eigenvalue weighted by Gasteiger charge is 2.02. The molecule has 1 aromatic rings. The number of benzene rings is 1. The zero-order valence-electron chi connectivity index (χ0n) is 6.69. The number of carbonyl (C=O) groups is 1. The van der Waals surface area contributed by atoms with Gasteiger partial charge < -0.3 is 14.6 Å². The number of para-hydroxylation sites is 1. The van der Waals surface area contributed by atoms with Crippen LogP contribution in [0.2, 0.25) is 0 Å². The summed E-state index contributed by atoms with van der Waals surface area (Å²) >= 11 is 0. The highest BCUT2D eigenvalue weighted by molar-refractivity contribution is 5.69. The van der Waals surface area contributed by atoms with Gasteiger partial charge in [0.2, 0.25) is 0 Å². The Morgan fingerprint density at radius 1 is 1.42 bits per heavy atom. The number of hydrogen-bond acceptors (Lipinski definition) is 3. The van der Waals surface area contributed by atoms with Crippen LogP contribution < -0.4 is 9.84 Å². The Morgan fingerprint density at radius 3 is 2.50 bits per heavy atom. The monoisotopic (exact) mass is 165 g/mol. The summed E-state index contributed by atoms with van der Waals surface area (Å²) in [5.41, 5.74) is 0. The fraction of sp³-hybridized carbons (Fsp3) is 0.222. The molecule has 0 amide bonds. The van der Waals surface area contributed by atoms with Gasteiger partial charge in [-0.3, -0.25) is 0 Å². The number of aliphatic carboxylic acids is 1. The van der Waals surface area contributed by atoms with Gasteiger partial charge in [0.25, 0.3) is 0 Å². The second kappa shape index (κ2) is 3.76. The Bertz CT molecular complexity index is 256. The van der Waals surface area contributed by atoms with Crippen molar-refractivity contribution in [3.8, 4) is 5.75 Å². The van der Waals surface area contributed by atoms with E-state index >= 15 is 0 Å². The lowest BCUT2D eigenvalue weighted by Gasteiger charge is -2.14. The second-order valence-corrected chi connectivity index (χ2v) is 2.39. The van der Waals surface area contributed by atoms with Crippen molar-refractivity contribution in [1.82, 2.24) is 0 Å². The van der Waals surface area contributed by atoms with E-state index in [1.165, 1.54) is 6.92 Å². The quantitative estimate of drug-likeness (QED) is 0.643. The number of rotatable bonds is 3. The normalized spacial score (nSPS) is 12.1. The summed E-state index contributed by atoms with van der Waals surface area (Å²) in [7, 11) is 0. The van der Waals surface area contributed by atoms with Crippen molar-refractivity contribution < 1.29 is 14.6 Å². The number of hydrogen-bond donors (Lipinski definition) is 0. The summed E-state index contributed by atoms with van der Waals surface area (Å²) in [5, 5.41) is 10.3. The highest BCUT2D eigenvalue weighted by Crippen LogP contribution is 2.09. The molecule has 0 saturated carbocycles. The molecule has 0 radical (unpaired) electrons. The summed E-state index contributed by atoms with van der Waals surface area (Å²) in [4.78, 5) is 10.3. The minimum atomic E-state index is -1.21. The molecule has 3 heteroatoms. The molecule has 3 nitrogen and oxygen atoms in total. The van der Waals surface area contributed by atoms with E-state index in [0.717, 1.165) is 0 Å². The Kier molecular flexibility index (Phi) is 2.69. The Hall–Kier alpha value is -1.51. The molecule has 0 N–H and O–H groups in total. The van der Waals surface area contributed by atoms with E-state index < -0.39 is 12.1 Å². The van der Waals surface area contributed by atoms with Crippen molar-refractivity contribution in [2.45, 2.75) is 13.0 Å². The van der Waals surface area contributed by atoms with E-state index in [2.05, 4.69) is 0 Å². The Labute approximate surface area is 70.6 Å². The maximum atomic E-state index is 10.3. The van der Waals surface area contributed by atoms with Crippen LogP contribution in [0.1, 0.15) is 6.92 Å². The van der Waals surface area contributed by atoms with E-state index in [-0.39, 0.29) is 0 Å². The zero-order chi connectivity index (χ0) is 8.97. The van der Waals surface area contributed by atoms with Gasteiger partial charge in [-0.1, -0.05) is 18.2 Å². The molecule has 0 aliphatic carbocycles. The molecule has 0 aromatic heterocycles. The van der Waals surface area contributed by atoms with Gasteiger partial charge in [-0.25, -0.2) is 0 Å². The molecule has 0 fully saturated rings. The third-order valence-electron chi connectivity index (χ3n) is 1.39. The van der Waals surface area contributed by atoms with Crippen molar-refractivity contribution in [3.05, 3.63) is 30.3 Å². The highest BCUT2D eigenvalue weighted by atomic mass is 16.5. The topological polar surface area (TPSA) is 49.4 Å². The Morgan fingerprint density at radius 2 is 2.00 bits per heavy atom.